The number of aromatic nitrogens is 1. The normalized spacial score (nSPS) is 24.0. The van der Waals surface area contributed by atoms with Crippen LogP contribution >= 0.6 is 35.6 Å². The molecule has 2 atom stereocenters. The molecule has 0 amide bonds. The molecular weight excluding hydrogens is 463 g/mol. The molecule has 1 aromatic rings. The van der Waals surface area contributed by atoms with Gasteiger partial charge in [-0.2, -0.15) is 0 Å². The van der Waals surface area contributed by atoms with Crippen molar-refractivity contribution in [2.45, 2.75) is 57.6 Å². The van der Waals surface area contributed by atoms with Crippen LogP contribution < -0.4 is 10.6 Å². The van der Waals surface area contributed by atoms with E-state index in [2.05, 4.69) is 27.5 Å². The number of nitrogens with one attached hydrogen (secondary N) is 2. The number of guanidine groups is 1. The Morgan fingerprint density at radius 3 is 2.77 bits per heavy atom. The van der Waals surface area contributed by atoms with Gasteiger partial charge in [-0.3, -0.25) is 4.99 Å². The zero-order chi connectivity index (χ0) is 17.7. The molecule has 2 aliphatic rings. The molecule has 7 heteroatoms. The monoisotopic (exact) mass is 492 g/mol. The predicted molar refractivity (Wildman–Crippen MR) is 118 cm³/mol. The molecular formula is C19H30ClIN4O. The summed E-state index contributed by atoms with van der Waals surface area (Å²) in [5.41, 5.74) is 1.48. The summed E-state index contributed by atoms with van der Waals surface area (Å²) < 4.78 is 5.99. The first-order valence-corrected chi connectivity index (χ1v) is 9.75. The third-order valence-corrected chi connectivity index (χ3v) is 5.94. The van der Waals surface area contributed by atoms with Crippen LogP contribution in [0.4, 0.5) is 0 Å². The van der Waals surface area contributed by atoms with Crippen LogP contribution in [0, 0.1) is 5.41 Å². The summed E-state index contributed by atoms with van der Waals surface area (Å²) in [5, 5.41) is 7.60. The minimum Gasteiger partial charge on any atom is -0.378 e. The zero-order valence-electron chi connectivity index (χ0n) is 15.6. The molecule has 146 valence electrons. The van der Waals surface area contributed by atoms with Crippen molar-refractivity contribution in [1.82, 2.24) is 15.6 Å². The number of nitrogens with zero attached hydrogens (tertiary/aromatic N) is 2. The Morgan fingerprint density at radius 1 is 1.38 bits per heavy atom. The molecule has 26 heavy (non-hydrogen) atoms. The molecule has 2 unspecified atom stereocenters. The summed E-state index contributed by atoms with van der Waals surface area (Å²) in [4.78, 5) is 8.52. The van der Waals surface area contributed by atoms with E-state index in [1.807, 2.05) is 25.4 Å². The van der Waals surface area contributed by atoms with Crippen LogP contribution in [0.5, 0.6) is 0 Å². The Morgan fingerprint density at radius 2 is 2.15 bits per heavy atom. The molecule has 5 nitrogen and oxygen atoms in total. The van der Waals surface area contributed by atoms with Gasteiger partial charge in [-0.1, -0.05) is 30.5 Å². The van der Waals surface area contributed by atoms with Crippen molar-refractivity contribution in [3.05, 3.63) is 29.0 Å². The van der Waals surface area contributed by atoms with Crippen LogP contribution in [-0.4, -0.2) is 43.3 Å². The third-order valence-electron chi connectivity index (χ3n) is 5.72. The van der Waals surface area contributed by atoms with Crippen molar-refractivity contribution in [3.63, 3.8) is 0 Å². The summed E-state index contributed by atoms with van der Waals surface area (Å²) in [7, 11) is 1.83. The first-order chi connectivity index (χ1) is 12.2. The number of hydrogen-bond donors (Lipinski definition) is 2. The van der Waals surface area contributed by atoms with Crippen molar-refractivity contribution in [1.29, 1.82) is 0 Å². The van der Waals surface area contributed by atoms with Crippen molar-refractivity contribution in [2.75, 3.05) is 20.2 Å². The Bertz CT molecular complexity index is 590. The molecule has 0 saturated heterocycles. The highest BCUT2D eigenvalue weighted by atomic mass is 127. The van der Waals surface area contributed by atoms with E-state index >= 15 is 0 Å². The summed E-state index contributed by atoms with van der Waals surface area (Å²) in [6.07, 6.45) is 9.38. The van der Waals surface area contributed by atoms with Crippen LogP contribution in [0.25, 0.3) is 0 Å². The minimum atomic E-state index is 0. The molecule has 3 rings (SSSR count). The van der Waals surface area contributed by atoms with Gasteiger partial charge in [-0.25, -0.2) is 4.98 Å². The first-order valence-electron chi connectivity index (χ1n) is 9.37. The molecule has 0 radical (unpaired) electrons. The third kappa shape index (κ3) is 4.81. The van der Waals surface area contributed by atoms with E-state index in [0.29, 0.717) is 22.7 Å². The van der Waals surface area contributed by atoms with Gasteiger partial charge in [0.1, 0.15) is 5.15 Å². The highest BCUT2D eigenvalue weighted by Crippen LogP contribution is 2.54. The van der Waals surface area contributed by atoms with Gasteiger partial charge >= 0.3 is 0 Å². The second kappa shape index (κ2) is 10.1. The molecule has 1 heterocycles. The second-order valence-electron chi connectivity index (χ2n) is 7.06. The highest BCUT2D eigenvalue weighted by molar-refractivity contribution is 14.0. The number of rotatable bonds is 6. The lowest BCUT2D eigenvalue weighted by Gasteiger charge is -2.54. The second-order valence-corrected chi connectivity index (χ2v) is 7.44. The highest BCUT2D eigenvalue weighted by Gasteiger charge is 2.56. The van der Waals surface area contributed by atoms with Gasteiger partial charge in [0, 0.05) is 37.9 Å². The fraction of sp³-hybridized carbons (Fsp3) is 0.684. The molecule has 0 aromatic carbocycles. The summed E-state index contributed by atoms with van der Waals surface area (Å²) in [6.45, 7) is 3.72. The molecule has 0 aliphatic heterocycles. The van der Waals surface area contributed by atoms with E-state index in [4.69, 9.17) is 16.3 Å². The first kappa shape index (κ1) is 21.7. The minimum absolute atomic E-state index is 0. The summed E-state index contributed by atoms with van der Waals surface area (Å²) in [6, 6.07) is 4.31. The van der Waals surface area contributed by atoms with E-state index in [-0.39, 0.29) is 24.0 Å². The molecule has 2 saturated carbocycles. The number of hydrogen-bond acceptors (Lipinski definition) is 3. The van der Waals surface area contributed by atoms with E-state index in [9.17, 15) is 0 Å². The molecule has 2 N–H and O–H groups in total. The topological polar surface area (TPSA) is 58.5 Å². The Labute approximate surface area is 178 Å². The maximum atomic E-state index is 5.99. The van der Waals surface area contributed by atoms with Crippen molar-refractivity contribution >= 4 is 41.5 Å². The van der Waals surface area contributed by atoms with E-state index in [1.54, 1.807) is 0 Å². The quantitative estimate of drug-likeness (QED) is 0.274. The predicted octanol–water partition coefficient (Wildman–Crippen LogP) is 3.80. The smallest absolute Gasteiger partial charge is 0.191 e. The fourth-order valence-electron chi connectivity index (χ4n) is 4.33. The molecule has 2 aliphatic carbocycles. The van der Waals surface area contributed by atoms with E-state index < -0.39 is 0 Å². The zero-order valence-corrected chi connectivity index (χ0v) is 18.7. The van der Waals surface area contributed by atoms with E-state index in [0.717, 1.165) is 32.0 Å². The summed E-state index contributed by atoms with van der Waals surface area (Å²) >= 11 is 5.83. The lowest BCUT2D eigenvalue weighted by molar-refractivity contribution is -0.125. The number of halogens is 2. The van der Waals surface area contributed by atoms with Gasteiger partial charge in [0.15, 0.2) is 5.96 Å². The van der Waals surface area contributed by atoms with Gasteiger partial charge in [0.05, 0.1) is 6.10 Å². The van der Waals surface area contributed by atoms with Crippen LogP contribution in [0.3, 0.4) is 0 Å². The fourth-order valence-corrected chi connectivity index (χ4v) is 4.44. The number of pyridine rings is 1. The van der Waals surface area contributed by atoms with Gasteiger partial charge < -0.3 is 15.4 Å². The average Bonchev–Trinajstić information content (AvgIpc) is 3.14. The maximum absolute atomic E-state index is 5.99. The molecule has 2 fully saturated rings. The Hall–Kier alpha value is -0.600. The number of aliphatic imine (C=N–C) groups is 1. The lowest BCUT2D eigenvalue weighted by Crippen LogP contribution is -2.65. The van der Waals surface area contributed by atoms with Crippen molar-refractivity contribution in [3.8, 4) is 0 Å². The van der Waals surface area contributed by atoms with Gasteiger partial charge in [0.25, 0.3) is 0 Å². The van der Waals surface area contributed by atoms with Crippen molar-refractivity contribution in [2.24, 2.45) is 10.4 Å². The molecule has 0 bridgehead atoms. The van der Waals surface area contributed by atoms with Gasteiger partial charge in [-0.15, -0.1) is 24.0 Å². The molecule has 1 spiro atoms. The van der Waals surface area contributed by atoms with Crippen LogP contribution in [-0.2, 0) is 11.2 Å². The van der Waals surface area contributed by atoms with Crippen LogP contribution in [0.15, 0.2) is 23.3 Å². The van der Waals surface area contributed by atoms with Crippen LogP contribution in [0.2, 0.25) is 5.15 Å². The standard InChI is InChI=1S/C19H29ClN4O.HI/c1-3-25-16-12-15(19(16)9-4-5-10-19)24-18(21-2)22-11-8-14-6-7-17(20)23-13-14;/h6-7,13,15-16H,3-5,8-12H2,1-2H3,(H2,21,22,24);1H. The lowest BCUT2D eigenvalue weighted by atomic mass is 9.60. The molecule has 1 aromatic heterocycles. The largest absolute Gasteiger partial charge is 0.378 e. The Balaban J connectivity index is 0.00000243. The average molecular weight is 493 g/mol. The summed E-state index contributed by atoms with van der Waals surface area (Å²) in [5.74, 6) is 0.883. The maximum Gasteiger partial charge on any atom is 0.191 e. The Kier molecular flexibility index (Phi) is 8.41. The van der Waals surface area contributed by atoms with Gasteiger partial charge in [-0.05, 0) is 44.2 Å². The van der Waals surface area contributed by atoms with Crippen LogP contribution in [0.1, 0.15) is 44.6 Å². The number of ether oxygens (including phenoxy) is 1. The SMILES string of the molecule is CCOC1CC(NC(=NC)NCCc2ccc(Cl)nc2)C12CCCC2.I. The van der Waals surface area contributed by atoms with Gasteiger partial charge in [0.2, 0.25) is 0 Å². The van der Waals surface area contributed by atoms with Crippen molar-refractivity contribution < 1.29 is 4.74 Å². The van der Waals surface area contributed by atoms with E-state index in [1.165, 1.54) is 31.2 Å².